The largest absolute Gasteiger partial charge is 0.442 e. The lowest BCUT2D eigenvalue weighted by Gasteiger charge is -2.14. The van der Waals surface area contributed by atoms with Crippen LogP contribution in [0.25, 0.3) is 11.6 Å². The minimum absolute atomic E-state index is 0.204. The second-order valence-electron chi connectivity index (χ2n) is 6.66. The average Bonchev–Trinajstić information content (AvgIpc) is 3.08. The maximum absolute atomic E-state index is 14.7. The molecule has 0 unspecified atom stereocenters. The molecule has 0 radical (unpaired) electrons. The number of nitrogens with one attached hydrogen (secondary N) is 1. The molecule has 1 N–H and O–H groups in total. The van der Waals surface area contributed by atoms with Crippen molar-refractivity contribution in [1.82, 2.24) is 10.3 Å². The highest BCUT2D eigenvalue weighted by molar-refractivity contribution is 5.90. The first-order valence-corrected chi connectivity index (χ1v) is 8.93. The molecule has 0 aliphatic carbocycles. The monoisotopic (exact) mass is 394 g/mol. The van der Waals surface area contributed by atoms with Crippen molar-refractivity contribution in [3.63, 3.8) is 0 Å². The molecule has 0 spiro atoms. The smallest absolute Gasteiger partial charge is 0.414 e. The summed E-state index contributed by atoms with van der Waals surface area (Å²) in [7, 11) is 0. The van der Waals surface area contributed by atoms with Gasteiger partial charge in [-0.1, -0.05) is 0 Å². The van der Waals surface area contributed by atoms with Gasteiger partial charge >= 0.3 is 6.09 Å². The maximum Gasteiger partial charge on any atom is 0.414 e. The molecule has 1 fully saturated rings. The van der Waals surface area contributed by atoms with Crippen molar-refractivity contribution in [1.29, 1.82) is 5.26 Å². The second-order valence-corrected chi connectivity index (χ2v) is 6.66. The molecule has 7 nitrogen and oxygen atoms in total. The Hall–Kier alpha value is -3.73. The lowest BCUT2D eigenvalue weighted by Crippen LogP contribution is -2.33. The van der Waals surface area contributed by atoms with Gasteiger partial charge in [-0.05, 0) is 48.4 Å². The molecule has 1 saturated heterocycles. The molecule has 2 amide bonds. The highest BCUT2D eigenvalue weighted by Crippen LogP contribution is 2.26. The van der Waals surface area contributed by atoms with Crippen LogP contribution < -0.4 is 10.2 Å². The van der Waals surface area contributed by atoms with E-state index in [4.69, 9.17) is 10.00 Å². The number of rotatable bonds is 5. The van der Waals surface area contributed by atoms with Crippen LogP contribution >= 0.6 is 0 Å². The first-order chi connectivity index (χ1) is 13.9. The van der Waals surface area contributed by atoms with Crippen molar-refractivity contribution < 1.29 is 18.7 Å². The number of hydrogen-bond acceptors (Lipinski definition) is 5. The topological polar surface area (TPSA) is 95.3 Å². The number of anilines is 1. The summed E-state index contributed by atoms with van der Waals surface area (Å²) in [5.41, 5.74) is 2.61. The summed E-state index contributed by atoms with van der Waals surface area (Å²) < 4.78 is 19.9. The van der Waals surface area contributed by atoms with Crippen LogP contribution in [-0.2, 0) is 9.53 Å². The van der Waals surface area contributed by atoms with Crippen molar-refractivity contribution in [3.05, 3.63) is 59.2 Å². The zero-order valence-corrected chi connectivity index (χ0v) is 16.0. The number of benzene rings is 1. The molecular formula is C21H19FN4O3. The summed E-state index contributed by atoms with van der Waals surface area (Å²) in [5.74, 6) is -0.711. The van der Waals surface area contributed by atoms with E-state index in [9.17, 15) is 14.0 Å². The van der Waals surface area contributed by atoms with Crippen LogP contribution in [0, 0.1) is 17.1 Å². The van der Waals surface area contributed by atoms with E-state index >= 15 is 0 Å². The van der Waals surface area contributed by atoms with Crippen molar-refractivity contribution in [2.45, 2.75) is 20.0 Å². The van der Waals surface area contributed by atoms with Crippen molar-refractivity contribution in [2.24, 2.45) is 0 Å². The van der Waals surface area contributed by atoms with Crippen molar-refractivity contribution in [3.8, 4) is 6.07 Å². The Balaban J connectivity index is 1.77. The Morgan fingerprint density at radius 3 is 2.90 bits per heavy atom. The molecule has 1 aromatic heterocycles. The lowest BCUT2D eigenvalue weighted by molar-refractivity contribution is -0.119. The van der Waals surface area contributed by atoms with E-state index in [2.05, 4.69) is 10.3 Å². The van der Waals surface area contributed by atoms with E-state index in [1.165, 1.54) is 24.1 Å². The number of pyridine rings is 1. The van der Waals surface area contributed by atoms with Gasteiger partial charge in [-0.15, -0.1) is 0 Å². The molecule has 1 aliphatic heterocycles. The number of nitrogens with zero attached hydrogens (tertiary/aromatic N) is 3. The fourth-order valence-electron chi connectivity index (χ4n) is 2.93. The van der Waals surface area contributed by atoms with Crippen LogP contribution in [0.2, 0.25) is 0 Å². The van der Waals surface area contributed by atoms with Crippen molar-refractivity contribution >= 4 is 29.3 Å². The standard InChI is InChI=1S/C21H19FN4O3/c1-13(17-6-15(8-23)9-24-10-17)5-16-3-4-18(7-20(16)22)26-12-19(29-21(26)28)11-25-14(2)27/h3-7,9-10,19H,11-12H2,1-2H3,(H,25,27)/b13-5-/t19-/m0/s1. The fraction of sp³-hybridized carbons (Fsp3) is 0.238. The Bertz CT molecular complexity index is 1030. The van der Waals surface area contributed by atoms with E-state index in [1.54, 1.807) is 37.4 Å². The van der Waals surface area contributed by atoms with E-state index < -0.39 is 18.0 Å². The van der Waals surface area contributed by atoms with Gasteiger partial charge in [0.1, 0.15) is 18.0 Å². The molecule has 1 aliphatic rings. The zero-order valence-electron chi connectivity index (χ0n) is 16.0. The number of cyclic esters (lactones) is 1. The Kier molecular flexibility index (Phi) is 5.88. The van der Waals surface area contributed by atoms with Gasteiger partial charge in [-0.3, -0.25) is 14.7 Å². The third kappa shape index (κ3) is 4.76. The molecule has 29 heavy (non-hydrogen) atoms. The van der Waals surface area contributed by atoms with E-state index in [1.807, 2.05) is 6.07 Å². The number of hydrogen-bond donors (Lipinski definition) is 1. The summed E-state index contributed by atoms with van der Waals surface area (Å²) in [4.78, 5) is 28.4. The highest BCUT2D eigenvalue weighted by Gasteiger charge is 2.32. The van der Waals surface area contributed by atoms with E-state index in [-0.39, 0.29) is 19.0 Å². The van der Waals surface area contributed by atoms with Crippen LogP contribution in [0.4, 0.5) is 14.9 Å². The second kappa shape index (κ2) is 8.52. The number of carbonyl (C=O) groups is 2. The maximum atomic E-state index is 14.7. The number of halogens is 1. The van der Waals surface area contributed by atoms with E-state index in [0.29, 0.717) is 16.8 Å². The average molecular weight is 394 g/mol. The molecule has 0 bridgehead atoms. The number of carbonyl (C=O) groups excluding carboxylic acids is 2. The predicted octanol–water partition coefficient (Wildman–Crippen LogP) is 3.11. The van der Waals surface area contributed by atoms with Gasteiger partial charge in [0, 0.05) is 24.9 Å². The summed E-state index contributed by atoms with van der Waals surface area (Å²) in [6.07, 6.45) is 3.64. The quantitative estimate of drug-likeness (QED) is 0.841. The number of allylic oxidation sites excluding steroid dienone is 1. The molecule has 1 atom stereocenters. The lowest BCUT2D eigenvalue weighted by atomic mass is 10.0. The Labute approximate surface area is 167 Å². The summed E-state index contributed by atoms with van der Waals surface area (Å²) in [6, 6.07) is 8.18. The zero-order chi connectivity index (χ0) is 21.0. The van der Waals surface area contributed by atoms with E-state index in [0.717, 1.165) is 11.1 Å². The van der Waals surface area contributed by atoms with Gasteiger partial charge in [-0.2, -0.15) is 5.26 Å². The van der Waals surface area contributed by atoms with Gasteiger partial charge < -0.3 is 10.1 Å². The van der Waals surface area contributed by atoms with Crippen LogP contribution in [0.3, 0.4) is 0 Å². The Morgan fingerprint density at radius 1 is 1.41 bits per heavy atom. The summed E-state index contributed by atoms with van der Waals surface area (Å²) >= 11 is 0. The molecule has 0 saturated carbocycles. The number of amides is 2. The summed E-state index contributed by atoms with van der Waals surface area (Å²) in [5, 5.41) is 11.6. The molecular weight excluding hydrogens is 375 g/mol. The van der Waals surface area contributed by atoms with Crippen LogP contribution in [0.5, 0.6) is 0 Å². The molecule has 2 aromatic rings. The number of nitriles is 1. The Morgan fingerprint density at radius 2 is 2.21 bits per heavy atom. The first kappa shape index (κ1) is 20.0. The SMILES string of the molecule is CC(=O)NC[C@H]1CN(c2ccc(/C=C(/C)c3cncc(C#N)c3)c(F)c2)C(=O)O1. The fourth-order valence-corrected chi connectivity index (χ4v) is 2.93. The molecule has 148 valence electrons. The summed E-state index contributed by atoms with van der Waals surface area (Å²) in [6.45, 7) is 3.61. The van der Waals surface area contributed by atoms with Crippen LogP contribution in [-0.4, -0.2) is 36.2 Å². The van der Waals surface area contributed by atoms with Crippen LogP contribution in [0.1, 0.15) is 30.5 Å². The predicted molar refractivity (Wildman–Crippen MR) is 105 cm³/mol. The minimum Gasteiger partial charge on any atom is -0.442 e. The minimum atomic E-state index is -0.585. The highest BCUT2D eigenvalue weighted by atomic mass is 19.1. The molecule has 3 rings (SSSR count). The molecule has 1 aromatic carbocycles. The van der Waals surface area contributed by atoms with Gasteiger partial charge in [0.25, 0.3) is 0 Å². The van der Waals surface area contributed by atoms with Gasteiger partial charge in [0.2, 0.25) is 5.91 Å². The third-order valence-corrected chi connectivity index (χ3v) is 4.44. The number of aromatic nitrogens is 1. The normalized spacial score (nSPS) is 16.3. The van der Waals surface area contributed by atoms with Crippen LogP contribution in [0.15, 0.2) is 36.7 Å². The van der Waals surface area contributed by atoms with Gasteiger partial charge in [0.15, 0.2) is 0 Å². The van der Waals surface area contributed by atoms with Gasteiger partial charge in [-0.25, -0.2) is 9.18 Å². The van der Waals surface area contributed by atoms with Crippen molar-refractivity contribution in [2.75, 3.05) is 18.0 Å². The first-order valence-electron chi connectivity index (χ1n) is 8.93. The molecule has 2 heterocycles. The molecule has 8 heteroatoms. The van der Waals surface area contributed by atoms with Gasteiger partial charge in [0.05, 0.1) is 24.3 Å². The third-order valence-electron chi connectivity index (χ3n) is 4.44. The number of ether oxygens (including phenoxy) is 1.